The molecule has 88 valence electrons. The van der Waals surface area contributed by atoms with E-state index in [4.69, 9.17) is 10.5 Å². The number of benzene rings is 1. The van der Waals surface area contributed by atoms with Crippen molar-refractivity contribution in [2.24, 2.45) is 11.7 Å². The van der Waals surface area contributed by atoms with Crippen LogP contribution in [-0.4, -0.2) is 19.8 Å². The van der Waals surface area contributed by atoms with Crippen LogP contribution >= 0.6 is 0 Å². The van der Waals surface area contributed by atoms with Gasteiger partial charge in [-0.15, -0.1) is 0 Å². The fourth-order valence-corrected chi connectivity index (χ4v) is 1.98. The second kappa shape index (κ2) is 4.78. The van der Waals surface area contributed by atoms with Gasteiger partial charge in [0, 0.05) is 5.56 Å². The zero-order valence-corrected chi connectivity index (χ0v) is 8.96. The Balaban J connectivity index is 2.16. The molecule has 2 atom stereocenters. The average molecular weight is 227 g/mol. The molecule has 16 heavy (non-hydrogen) atoms. The third kappa shape index (κ3) is 2.32. The molecule has 0 amide bonds. The lowest BCUT2D eigenvalue weighted by atomic mass is 10.1. The molecule has 2 rings (SSSR count). The molecule has 0 spiro atoms. The molecule has 1 aliphatic rings. The molecule has 1 aliphatic carbocycles. The number of alkyl halides is 1. The molecule has 0 aliphatic heterocycles. The van der Waals surface area contributed by atoms with Gasteiger partial charge in [-0.25, -0.2) is 8.78 Å². The Kier molecular flexibility index (Phi) is 3.39. The van der Waals surface area contributed by atoms with Crippen molar-refractivity contribution in [2.75, 3.05) is 19.8 Å². The van der Waals surface area contributed by atoms with Crippen LogP contribution < -0.4 is 10.5 Å². The van der Waals surface area contributed by atoms with Crippen molar-refractivity contribution >= 4 is 0 Å². The first-order chi connectivity index (χ1) is 7.76. The highest BCUT2D eigenvalue weighted by atomic mass is 19.1. The quantitative estimate of drug-likeness (QED) is 0.837. The Bertz CT molecular complexity index is 370. The molecule has 0 radical (unpaired) electrons. The number of halogens is 2. The first-order valence-electron chi connectivity index (χ1n) is 5.44. The lowest BCUT2D eigenvalue weighted by Crippen LogP contribution is -2.04. The second-order valence-electron chi connectivity index (χ2n) is 4.06. The summed E-state index contributed by atoms with van der Waals surface area (Å²) in [7, 11) is 0. The summed E-state index contributed by atoms with van der Waals surface area (Å²) < 4.78 is 30.4. The van der Waals surface area contributed by atoms with Gasteiger partial charge in [-0.3, -0.25) is 0 Å². The summed E-state index contributed by atoms with van der Waals surface area (Å²) in [6.45, 7) is 0.0736. The smallest absolute Gasteiger partial charge is 0.123 e. The maximum absolute atomic E-state index is 13.1. The fraction of sp³-hybridized carbons (Fsp3) is 0.500. The molecular formula is C12H15F2NO. The van der Waals surface area contributed by atoms with E-state index in [-0.39, 0.29) is 18.3 Å². The Morgan fingerprint density at radius 2 is 2.25 bits per heavy atom. The van der Waals surface area contributed by atoms with Crippen molar-refractivity contribution in [2.45, 2.75) is 12.3 Å². The van der Waals surface area contributed by atoms with Gasteiger partial charge in [0.25, 0.3) is 0 Å². The topological polar surface area (TPSA) is 35.2 Å². The van der Waals surface area contributed by atoms with Crippen molar-refractivity contribution in [3.05, 3.63) is 29.6 Å². The Hall–Kier alpha value is -1.16. The summed E-state index contributed by atoms with van der Waals surface area (Å²) in [5, 5.41) is 0. The molecular weight excluding hydrogens is 212 g/mol. The fourth-order valence-electron chi connectivity index (χ4n) is 1.98. The van der Waals surface area contributed by atoms with Gasteiger partial charge in [0.15, 0.2) is 0 Å². The van der Waals surface area contributed by atoms with E-state index in [0.29, 0.717) is 18.2 Å². The molecule has 1 aromatic carbocycles. The minimum atomic E-state index is -0.540. The van der Waals surface area contributed by atoms with E-state index < -0.39 is 6.67 Å². The Morgan fingerprint density at radius 3 is 2.88 bits per heavy atom. The van der Waals surface area contributed by atoms with E-state index in [1.54, 1.807) is 6.07 Å². The molecule has 1 aromatic rings. The molecule has 2 nitrogen and oxygen atoms in total. The number of nitrogens with two attached hydrogens (primary N) is 1. The summed E-state index contributed by atoms with van der Waals surface area (Å²) >= 11 is 0. The number of ether oxygens (including phenoxy) is 1. The molecule has 0 saturated heterocycles. The minimum absolute atomic E-state index is 0.0125. The predicted octanol–water partition coefficient (Wildman–Crippen LogP) is 2.24. The van der Waals surface area contributed by atoms with Gasteiger partial charge >= 0.3 is 0 Å². The van der Waals surface area contributed by atoms with E-state index in [1.807, 2.05) is 0 Å². The molecule has 0 heterocycles. The standard InChI is InChI=1S/C12H15F2NO/c13-3-4-16-12-2-1-9(14)6-11(12)10-5-8(10)7-15/h1-2,6,8,10H,3-5,7,15H2/t8-,10+/m0/s1. The van der Waals surface area contributed by atoms with Crippen molar-refractivity contribution in [1.82, 2.24) is 0 Å². The highest BCUT2D eigenvalue weighted by molar-refractivity contribution is 5.40. The molecule has 1 fully saturated rings. The highest BCUT2D eigenvalue weighted by Gasteiger charge is 2.39. The highest BCUT2D eigenvalue weighted by Crippen LogP contribution is 2.49. The SMILES string of the molecule is NC[C@@H]1C[C@H]1c1cc(F)ccc1OCCF. The second-order valence-corrected chi connectivity index (χ2v) is 4.06. The number of rotatable bonds is 5. The van der Waals surface area contributed by atoms with Crippen molar-refractivity contribution in [1.29, 1.82) is 0 Å². The zero-order chi connectivity index (χ0) is 11.5. The van der Waals surface area contributed by atoms with Crippen molar-refractivity contribution in [3.8, 4) is 5.75 Å². The molecule has 1 saturated carbocycles. The molecule has 4 heteroatoms. The molecule has 0 aromatic heterocycles. The predicted molar refractivity (Wildman–Crippen MR) is 57.8 cm³/mol. The van der Waals surface area contributed by atoms with Crippen LogP contribution in [0.1, 0.15) is 17.9 Å². The third-order valence-electron chi connectivity index (χ3n) is 2.93. The largest absolute Gasteiger partial charge is 0.491 e. The van der Waals surface area contributed by atoms with Gasteiger partial charge in [-0.2, -0.15) is 0 Å². The van der Waals surface area contributed by atoms with E-state index in [9.17, 15) is 8.78 Å². The van der Waals surface area contributed by atoms with Crippen LogP contribution in [0.5, 0.6) is 5.75 Å². The summed E-state index contributed by atoms with van der Waals surface area (Å²) in [4.78, 5) is 0. The maximum Gasteiger partial charge on any atom is 0.123 e. The minimum Gasteiger partial charge on any atom is -0.491 e. The van der Waals surface area contributed by atoms with Crippen LogP contribution in [0.15, 0.2) is 18.2 Å². The van der Waals surface area contributed by atoms with E-state index in [1.165, 1.54) is 12.1 Å². The van der Waals surface area contributed by atoms with Gasteiger partial charge < -0.3 is 10.5 Å². The van der Waals surface area contributed by atoms with Gasteiger partial charge in [-0.05, 0) is 43.0 Å². The zero-order valence-electron chi connectivity index (χ0n) is 8.96. The van der Waals surface area contributed by atoms with Crippen LogP contribution in [0.25, 0.3) is 0 Å². The van der Waals surface area contributed by atoms with E-state index in [2.05, 4.69) is 0 Å². The van der Waals surface area contributed by atoms with E-state index in [0.717, 1.165) is 12.0 Å². The number of hydrogen-bond acceptors (Lipinski definition) is 2. The maximum atomic E-state index is 13.1. The van der Waals surface area contributed by atoms with Crippen molar-refractivity contribution in [3.63, 3.8) is 0 Å². The first-order valence-corrected chi connectivity index (χ1v) is 5.44. The molecule has 0 unspecified atom stereocenters. The summed E-state index contributed by atoms with van der Waals surface area (Å²) in [6, 6.07) is 4.36. The van der Waals surface area contributed by atoms with Crippen LogP contribution in [0.3, 0.4) is 0 Å². The van der Waals surface area contributed by atoms with E-state index >= 15 is 0 Å². The van der Waals surface area contributed by atoms with Gasteiger partial charge in [0.1, 0.15) is 24.8 Å². The lowest BCUT2D eigenvalue weighted by molar-refractivity contribution is 0.270. The summed E-state index contributed by atoms with van der Waals surface area (Å²) in [6.07, 6.45) is 0.964. The first kappa shape index (κ1) is 11.3. The van der Waals surface area contributed by atoms with Crippen LogP contribution in [0.2, 0.25) is 0 Å². The molecule has 2 N–H and O–H groups in total. The summed E-state index contributed by atoms with van der Waals surface area (Å²) in [5.74, 6) is 0.982. The monoisotopic (exact) mass is 227 g/mol. The average Bonchev–Trinajstić information content (AvgIpc) is 3.06. The number of hydrogen-bond donors (Lipinski definition) is 1. The van der Waals surface area contributed by atoms with Crippen molar-refractivity contribution < 1.29 is 13.5 Å². The normalized spacial score (nSPS) is 23.2. The third-order valence-corrected chi connectivity index (χ3v) is 2.93. The molecule has 0 bridgehead atoms. The Morgan fingerprint density at radius 1 is 1.44 bits per heavy atom. The summed E-state index contributed by atoms with van der Waals surface area (Å²) in [5.41, 5.74) is 6.38. The van der Waals surface area contributed by atoms with Gasteiger partial charge in [0.05, 0.1) is 0 Å². The van der Waals surface area contributed by atoms with Gasteiger partial charge in [0.2, 0.25) is 0 Å². The van der Waals surface area contributed by atoms with Crippen LogP contribution in [-0.2, 0) is 0 Å². The Labute approximate surface area is 93.4 Å². The van der Waals surface area contributed by atoms with Crippen LogP contribution in [0.4, 0.5) is 8.78 Å². The van der Waals surface area contributed by atoms with Crippen LogP contribution in [0, 0.1) is 11.7 Å². The van der Waals surface area contributed by atoms with Gasteiger partial charge in [-0.1, -0.05) is 0 Å². The lowest BCUT2D eigenvalue weighted by Gasteiger charge is -2.10.